The fourth-order valence-corrected chi connectivity index (χ4v) is 2.91. The molecular formula is C20H16Br2N2. The molecule has 0 bridgehead atoms. The van der Waals surface area contributed by atoms with Crippen LogP contribution in [-0.2, 0) is 0 Å². The SMILES string of the molecule is Brc1ccc(C=NNC(c2ccccc2)c2ccc(Br)cc2)cc1. The molecule has 1 atom stereocenters. The van der Waals surface area contributed by atoms with Gasteiger partial charge in [0.25, 0.3) is 0 Å². The Morgan fingerprint density at radius 3 is 1.88 bits per heavy atom. The Morgan fingerprint density at radius 2 is 1.25 bits per heavy atom. The zero-order valence-electron chi connectivity index (χ0n) is 12.9. The Bertz CT molecular complexity index is 797. The smallest absolute Gasteiger partial charge is 0.0939 e. The van der Waals surface area contributed by atoms with Gasteiger partial charge < -0.3 is 0 Å². The van der Waals surface area contributed by atoms with Crippen LogP contribution < -0.4 is 5.43 Å². The molecule has 0 fully saturated rings. The largest absolute Gasteiger partial charge is 0.298 e. The van der Waals surface area contributed by atoms with Crippen molar-refractivity contribution >= 4 is 38.1 Å². The van der Waals surface area contributed by atoms with Crippen LogP contribution in [0.3, 0.4) is 0 Å². The first-order valence-electron chi connectivity index (χ1n) is 7.57. The van der Waals surface area contributed by atoms with Crippen LogP contribution in [0.25, 0.3) is 0 Å². The van der Waals surface area contributed by atoms with E-state index in [1.807, 2.05) is 60.8 Å². The Hall–Kier alpha value is -1.91. The Kier molecular flexibility index (Phi) is 5.83. The maximum Gasteiger partial charge on any atom is 0.0939 e. The maximum atomic E-state index is 4.44. The van der Waals surface area contributed by atoms with Crippen LogP contribution >= 0.6 is 31.9 Å². The molecule has 0 aliphatic rings. The van der Waals surface area contributed by atoms with E-state index in [0.29, 0.717) is 0 Å². The lowest BCUT2D eigenvalue weighted by Gasteiger charge is -2.17. The number of rotatable bonds is 5. The minimum atomic E-state index is 0.00555. The van der Waals surface area contributed by atoms with Crippen molar-refractivity contribution in [1.82, 2.24) is 5.43 Å². The predicted octanol–water partition coefficient (Wildman–Crippen LogP) is 5.92. The molecule has 1 unspecified atom stereocenters. The monoisotopic (exact) mass is 442 g/mol. The average molecular weight is 444 g/mol. The molecule has 0 saturated heterocycles. The third-order valence-corrected chi connectivity index (χ3v) is 4.68. The topological polar surface area (TPSA) is 24.4 Å². The highest BCUT2D eigenvalue weighted by Crippen LogP contribution is 2.23. The highest BCUT2D eigenvalue weighted by Gasteiger charge is 2.12. The van der Waals surface area contributed by atoms with Gasteiger partial charge in [0.1, 0.15) is 0 Å². The fraction of sp³-hybridized carbons (Fsp3) is 0.0500. The number of hydrogen-bond acceptors (Lipinski definition) is 2. The van der Waals surface area contributed by atoms with E-state index in [1.54, 1.807) is 0 Å². The summed E-state index contributed by atoms with van der Waals surface area (Å²) in [5.74, 6) is 0. The van der Waals surface area contributed by atoms with Gasteiger partial charge in [0.05, 0.1) is 12.3 Å². The van der Waals surface area contributed by atoms with E-state index in [0.717, 1.165) is 20.1 Å². The molecule has 0 aliphatic heterocycles. The van der Waals surface area contributed by atoms with Crippen molar-refractivity contribution in [3.05, 3.63) is 104 Å². The summed E-state index contributed by atoms with van der Waals surface area (Å²) in [6.07, 6.45) is 1.83. The van der Waals surface area contributed by atoms with E-state index in [1.165, 1.54) is 5.56 Å². The van der Waals surface area contributed by atoms with Gasteiger partial charge in [-0.15, -0.1) is 0 Å². The van der Waals surface area contributed by atoms with Crippen molar-refractivity contribution in [3.8, 4) is 0 Å². The highest BCUT2D eigenvalue weighted by atomic mass is 79.9. The predicted molar refractivity (Wildman–Crippen MR) is 107 cm³/mol. The van der Waals surface area contributed by atoms with Crippen LogP contribution in [0.4, 0.5) is 0 Å². The third-order valence-electron chi connectivity index (χ3n) is 3.62. The molecule has 0 aromatic heterocycles. The van der Waals surface area contributed by atoms with E-state index in [-0.39, 0.29) is 6.04 Å². The standard InChI is InChI=1S/C20H16Br2N2/c21-18-10-6-15(7-11-18)14-23-24-20(16-4-2-1-3-5-16)17-8-12-19(22)13-9-17/h1-14,20,24H. The van der Waals surface area contributed by atoms with Gasteiger partial charge in [-0.25, -0.2) is 0 Å². The molecule has 3 rings (SSSR count). The van der Waals surface area contributed by atoms with Gasteiger partial charge in [0.2, 0.25) is 0 Å². The molecule has 120 valence electrons. The van der Waals surface area contributed by atoms with Crippen molar-refractivity contribution < 1.29 is 0 Å². The van der Waals surface area contributed by atoms with Gasteiger partial charge in [-0.05, 0) is 41.0 Å². The Morgan fingerprint density at radius 1 is 0.708 bits per heavy atom. The summed E-state index contributed by atoms with van der Waals surface area (Å²) >= 11 is 6.93. The number of nitrogens with zero attached hydrogens (tertiary/aromatic N) is 1. The summed E-state index contributed by atoms with van der Waals surface area (Å²) in [4.78, 5) is 0. The van der Waals surface area contributed by atoms with Crippen molar-refractivity contribution in [2.45, 2.75) is 6.04 Å². The molecule has 24 heavy (non-hydrogen) atoms. The lowest BCUT2D eigenvalue weighted by Crippen LogP contribution is -2.17. The van der Waals surface area contributed by atoms with Crippen LogP contribution in [0.5, 0.6) is 0 Å². The van der Waals surface area contributed by atoms with Crippen molar-refractivity contribution in [2.24, 2.45) is 5.10 Å². The van der Waals surface area contributed by atoms with Gasteiger partial charge in [0.15, 0.2) is 0 Å². The molecule has 1 N–H and O–H groups in total. The van der Waals surface area contributed by atoms with Gasteiger partial charge in [0, 0.05) is 8.95 Å². The Labute approximate surface area is 158 Å². The normalized spacial score (nSPS) is 12.2. The summed E-state index contributed by atoms with van der Waals surface area (Å²) < 4.78 is 2.13. The summed E-state index contributed by atoms with van der Waals surface area (Å²) in [5.41, 5.74) is 6.66. The van der Waals surface area contributed by atoms with Crippen molar-refractivity contribution in [2.75, 3.05) is 0 Å². The number of hydrazone groups is 1. The van der Waals surface area contributed by atoms with Gasteiger partial charge in [-0.1, -0.05) is 86.5 Å². The second-order valence-corrected chi connectivity index (χ2v) is 7.17. The lowest BCUT2D eigenvalue weighted by molar-refractivity contribution is 0.642. The van der Waals surface area contributed by atoms with E-state index >= 15 is 0 Å². The van der Waals surface area contributed by atoms with Crippen LogP contribution in [0.2, 0.25) is 0 Å². The lowest BCUT2D eigenvalue weighted by atomic mass is 9.99. The first-order valence-corrected chi connectivity index (χ1v) is 9.15. The summed E-state index contributed by atoms with van der Waals surface area (Å²) in [7, 11) is 0. The molecule has 0 spiro atoms. The van der Waals surface area contributed by atoms with Crippen molar-refractivity contribution in [3.63, 3.8) is 0 Å². The molecule has 0 radical (unpaired) electrons. The van der Waals surface area contributed by atoms with E-state index in [4.69, 9.17) is 0 Å². The third kappa shape index (κ3) is 4.56. The van der Waals surface area contributed by atoms with E-state index in [2.05, 4.69) is 66.7 Å². The highest BCUT2D eigenvalue weighted by molar-refractivity contribution is 9.10. The maximum absolute atomic E-state index is 4.44. The molecule has 0 heterocycles. The van der Waals surface area contributed by atoms with Crippen LogP contribution in [-0.4, -0.2) is 6.21 Å². The summed E-state index contributed by atoms with van der Waals surface area (Å²) in [6.45, 7) is 0. The molecule has 0 amide bonds. The minimum absolute atomic E-state index is 0.00555. The molecule has 3 aromatic carbocycles. The minimum Gasteiger partial charge on any atom is -0.298 e. The van der Waals surface area contributed by atoms with E-state index in [9.17, 15) is 0 Å². The van der Waals surface area contributed by atoms with Crippen molar-refractivity contribution in [1.29, 1.82) is 0 Å². The molecular weight excluding hydrogens is 428 g/mol. The van der Waals surface area contributed by atoms with Crippen LogP contribution in [0, 0.1) is 0 Å². The van der Waals surface area contributed by atoms with Gasteiger partial charge in [-0.3, -0.25) is 5.43 Å². The van der Waals surface area contributed by atoms with Crippen LogP contribution in [0.15, 0.2) is 92.9 Å². The zero-order chi connectivity index (χ0) is 16.8. The summed E-state index contributed by atoms with van der Waals surface area (Å²) in [6, 6.07) is 26.7. The number of halogens is 2. The molecule has 4 heteroatoms. The molecule has 2 nitrogen and oxygen atoms in total. The Balaban J connectivity index is 1.82. The number of nitrogens with one attached hydrogen (secondary N) is 1. The first-order chi connectivity index (χ1) is 11.7. The quantitative estimate of drug-likeness (QED) is 0.383. The average Bonchev–Trinajstić information content (AvgIpc) is 2.62. The number of hydrogen-bond donors (Lipinski definition) is 1. The first kappa shape index (κ1) is 16.9. The van der Waals surface area contributed by atoms with Gasteiger partial charge >= 0.3 is 0 Å². The summed E-state index contributed by atoms with van der Waals surface area (Å²) in [5, 5.41) is 4.44. The van der Waals surface area contributed by atoms with E-state index < -0.39 is 0 Å². The molecule has 0 aliphatic carbocycles. The number of benzene rings is 3. The molecule has 0 saturated carbocycles. The fourth-order valence-electron chi connectivity index (χ4n) is 2.38. The second-order valence-electron chi connectivity index (χ2n) is 5.33. The zero-order valence-corrected chi connectivity index (χ0v) is 16.0. The van der Waals surface area contributed by atoms with Gasteiger partial charge in [-0.2, -0.15) is 5.10 Å². The van der Waals surface area contributed by atoms with Crippen LogP contribution in [0.1, 0.15) is 22.7 Å². The molecule has 3 aromatic rings. The second kappa shape index (κ2) is 8.27.